The molecule has 0 aromatic heterocycles. The van der Waals surface area contributed by atoms with Crippen LogP contribution in [0, 0.1) is 0 Å². The van der Waals surface area contributed by atoms with Gasteiger partial charge in [-0.05, 0) is 59.9 Å². The first-order valence-electron chi connectivity index (χ1n) is 6.93. The molecule has 0 saturated carbocycles. The third kappa shape index (κ3) is 1.72. The fourth-order valence-electron chi connectivity index (χ4n) is 3.28. The molecule has 0 saturated heterocycles. The molecule has 2 atom stereocenters. The summed E-state index contributed by atoms with van der Waals surface area (Å²) in [6.07, 6.45) is 4.10. The van der Waals surface area contributed by atoms with Crippen molar-refractivity contribution in [2.24, 2.45) is 0 Å². The summed E-state index contributed by atoms with van der Waals surface area (Å²) in [5.74, 6) is 0. The molecule has 0 amide bonds. The number of aliphatic hydroxyl groups is 2. The van der Waals surface area contributed by atoms with Crippen LogP contribution in [-0.2, 0) is 6.42 Å². The molecular weight excluding hydrogens is 224 g/mol. The predicted octanol–water partition coefficient (Wildman–Crippen LogP) is 3.20. The Kier molecular flexibility index (Phi) is 3.00. The number of aryl methyl sites for hydroxylation is 1. The molecule has 0 bridgehead atoms. The molecular formula is C16H20O2. The zero-order chi connectivity index (χ0) is 12.7. The van der Waals surface area contributed by atoms with E-state index in [9.17, 15) is 10.2 Å². The van der Waals surface area contributed by atoms with Gasteiger partial charge in [0.1, 0.15) is 12.2 Å². The maximum absolute atomic E-state index is 10.5. The first kappa shape index (κ1) is 11.9. The summed E-state index contributed by atoms with van der Waals surface area (Å²) in [7, 11) is 0. The van der Waals surface area contributed by atoms with Crippen LogP contribution in [0.4, 0.5) is 0 Å². The third-order valence-corrected chi connectivity index (χ3v) is 4.36. The summed E-state index contributed by atoms with van der Waals surface area (Å²) in [5.41, 5.74) is 5.20. The number of aliphatic hydroxyl groups excluding tert-OH is 2. The van der Waals surface area contributed by atoms with Crippen molar-refractivity contribution in [3.05, 3.63) is 46.0 Å². The van der Waals surface area contributed by atoms with Gasteiger partial charge in [-0.15, -0.1) is 0 Å². The van der Waals surface area contributed by atoms with E-state index in [2.05, 4.69) is 19.1 Å². The molecule has 96 valence electrons. The second-order valence-corrected chi connectivity index (χ2v) is 5.38. The van der Waals surface area contributed by atoms with Crippen molar-refractivity contribution in [2.45, 2.75) is 51.2 Å². The fourth-order valence-corrected chi connectivity index (χ4v) is 3.28. The minimum absolute atomic E-state index is 0.495. The highest BCUT2D eigenvalue weighted by atomic mass is 16.3. The second-order valence-electron chi connectivity index (χ2n) is 5.38. The van der Waals surface area contributed by atoms with Crippen molar-refractivity contribution in [1.82, 2.24) is 0 Å². The molecule has 2 unspecified atom stereocenters. The van der Waals surface area contributed by atoms with Gasteiger partial charge in [-0.1, -0.05) is 25.1 Å². The molecule has 2 aliphatic carbocycles. The van der Waals surface area contributed by atoms with Crippen molar-refractivity contribution < 1.29 is 10.2 Å². The van der Waals surface area contributed by atoms with Gasteiger partial charge in [0.25, 0.3) is 0 Å². The molecule has 0 aliphatic heterocycles. The summed E-state index contributed by atoms with van der Waals surface area (Å²) in [6, 6.07) is 6.10. The highest BCUT2D eigenvalue weighted by Gasteiger charge is 2.33. The van der Waals surface area contributed by atoms with Gasteiger partial charge in [0.05, 0.1) is 0 Å². The molecule has 0 heterocycles. The van der Waals surface area contributed by atoms with Gasteiger partial charge in [0.2, 0.25) is 0 Å². The van der Waals surface area contributed by atoms with Crippen molar-refractivity contribution in [3.63, 3.8) is 0 Å². The predicted molar refractivity (Wildman–Crippen MR) is 71.2 cm³/mol. The topological polar surface area (TPSA) is 40.5 Å². The fraction of sp³-hybridized carbons (Fsp3) is 0.500. The smallest absolute Gasteiger partial charge is 0.101 e. The van der Waals surface area contributed by atoms with Gasteiger partial charge in [0.15, 0.2) is 0 Å². The Morgan fingerprint density at radius 1 is 1.00 bits per heavy atom. The van der Waals surface area contributed by atoms with Gasteiger partial charge >= 0.3 is 0 Å². The molecule has 0 spiro atoms. The second kappa shape index (κ2) is 4.52. The van der Waals surface area contributed by atoms with Crippen LogP contribution in [0.1, 0.15) is 61.5 Å². The summed E-state index contributed by atoms with van der Waals surface area (Å²) in [4.78, 5) is 0. The van der Waals surface area contributed by atoms with E-state index < -0.39 is 12.2 Å². The van der Waals surface area contributed by atoms with Crippen LogP contribution in [0.25, 0.3) is 0 Å². The van der Waals surface area contributed by atoms with E-state index in [1.807, 2.05) is 6.07 Å². The van der Waals surface area contributed by atoms with Gasteiger partial charge in [-0.3, -0.25) is 0 Å². The van der Waals surface area contributed by atoms with Crippen molar-refractivity contribution in [2.75, 3.05) is 0 Å². The molecule has 2 N–H and O–H groups in total. The standard InChI is InChI=1S/C16H20O2/c1-2-10-7-8-13-14(9-10)16(18)12-6-4-3-5-11(12)15(13)17/h7-9,15-18H,2-6H2,1H3. The zero-order valence-electron chi connectivity index (χ0n) is 10.8. The molecule has 2 aliphatic rings. The van der Waals surface area contributed by atoms with Crippen LogP contribution in [0.15, 0.2) is 29.3 Å². The van der Waals surface area contributed by atoms with E-state index >= 15 is 0 Å². The summed E-state index contributed by atoms with van der Waals surface area (Å²) < 4.78 is 0. The molecule has 0 radical (unpaired) electrons. The Bertz CT molecular complexity index is 502. The Hall–Kier alpha value is -1.12. The Morgan fingerprint density at radius 2 is 1.61 bits per heavy atom. The molecule has 3 rings (SSSR count). The maximum Gasteiger partial charge on any atom is 0.101 e. The highest BCUT2D eigenvalue weighted by Crippen LogP contribution is 2.46. The molecule has 2 heteroatoms. The number of rotatable bonds is 1. The van der Waals surface area contributed by atoms with Crippen molar-refractivity contribution in [3.8, 4) is 0 Å². The number of benzene rings is 1. The lowest BCUT2D eigenvalue weighted by molar-refractivity contribution is 0.157. The average molecular weight is 244 g/mol. The zero-order valence-corrected chi connectivity index (χ0v) is 10.8. The van der Waals surface area contributed by atoms with Crippen LogP contribution in [0.3, 0.4) is 0 Å². The van der Waals surface area contributed by atoms with E-state index in [0.29, 0.717) is 0 Å². The van der Waals surface area contributed by atoms with E-state index in [4.69, 9.17) is 0 Å². The van der Waals surface area contributed by atoms with Crippen LogP contribution in [0.2, 0.25) is 0 Å². The minimum Gasteiger partial charge on any atom is -0.384 e. The monoisotopic (exact) mass is 244 g/mol. The molecule has 18 heavy (non-hydrogen) atoms. The number of hydrogen-bond donors (Lipinski definition) is 2. The number of hydrogen-bond acceptors (Lipinski definition) is 2. The van der Waals surface area contributed by atoms with E-state index in [-0.39, 0.29) is 0 Å². The SMILES string of the molecule is CCc1ccc2c(c1)C(O)C1=C(CCCC1)C2O. The van der Waals surface area contributed by atoms with Crippen molar-refractivity contribution in [1.29, 1.82) is 0 Å². The lowest BCUT2D eigenvalue weighted by atomic mass is 9.75. The molecule has 1 aromatic carbocycles. The van der Waals surface area contributed by atoms with Gasteiger partial charge in [-0.2, -0.15) is 0 Å². The summed E-state index contributed by atoms with van der Waals surface area (Å²) in [5, 5.41) is 21.0. The lowest BCUT2D eigenvalue weighted by Crippen LogP contribution is -2.21. The van der Waals surface area contributed by atoms with Crippen LogP contribution in [-0.4, -0.2) is 10.2 Å². The first-order valence-corrected chi connectivity index (χ1v) is 6.93. The quantitative estimate of drug-likeness (QED) is 0.745. The highest BCUT2D eigenvalue weighted by molar-refractivity contribution is 5.47. The molecule has 2 nitrogen and oxygen atoms in total. The maximum atomic E-state index is 10.5. The van der Waals surface area contributed by atoms with Gasteiger partial charge in [0, 0.05) is 0 Å². The van der Waals surface area contributed by atoms with Gasteiger partial charge < -0.3 is 10.2 Å². The Labute approximate surface area is 108 Å². The molecule has 1 aromatic rings. The van der Waals surface area contributed by atoms with E-state index in [0.717, 1.165) is 54.4 Å². The average Bonchev–Trinajstić information content (AvgIpc) is 2.44. The Morgan fingerprint density at radius 3 is 2.22 bits per heavy atom. The number of fused-ring (bicyclic) bond motifs is 1. The normalized spacial score (nSPS) is 26.8. The molecule has 0 fully saturated rings. The first-order chi connectivity index (χ1) is 8.72. The third-order valence-electron chi connectivity index (χ3n) is 4.36. The summed E-state index contributed by atoms with van der Waals surface area (Å²) >= 11 is 0. The van der Waals surface area contributed by atoms with Crippen LogP contribution < -0.4 is 0 Å². The van der Waals surface area contributed by atoms with E-state index in [1.54, 1.807) is 0 Å². The van der Waals surface area contributed by atoms with Crippen LogP contribution in [0.5, 0.6) is 0 Å². The van der Waals surface area contributed by atoms with Crippen LogP contribution >= 0.6 is 0 Å². The largest absolute Gasteiger partial charge is 0.384 e. The lowest BCUT2D eigenvalue weighted by Gasteiger charge is -2.34. The van der Waals surface area contributed by atoms with Crippen molar-refractivity contribution >= 4 is 0 Å². The minimum atomic E-state index is -0.496. The Balaban J connectivity index is 2.11. The summed E-state index contributed by atoms with van der Waals surface area (Å²) in [6.45, 7) is 2.11. The van der Waals surface area contributed by atoms with Gasteiger partial charge in [-0.25, -0.2) is 0 Å². The van der Waals surface area contributed by atoms with E-state index in [1.165, 1.54) is 5.56 Å².